The van der Waals surface area contributed by atoms with E-state index in [1.54, 1.807) is 0 Å². The SMILES string of the molecule is OCc1cc(OCc2cc(OCCC[Te]c3ccccc3)cc(OCCC[Te]c3ccccc3)c2)cc(OCc2cc(OCCC[Te]c3ccccc3)cc(OCCC[Te]c3ccccc3)c2)c1. The summed E-state index contributed by atoms with van der Waals surface area (Å²) in [5.74, 6) is 4.34. The first-order valence-corrected chi connectivity index (χ1v) is 34.4. The molecular formula is C57H60O7Te4. The van der Waals surface area contributed by atoms with Gasteiger partial charge in [-0.3, -0.25) is 0 Å². The zero-order chi connectivity index (χ0) is 46.7. The molecule has 0 radical (unpaired) electrons. The number of hydrogen-bond acceptors (Lipinski definition) is 7. The van der Waals surface area contributed by atoms with Crippen molar-refractivity contribution in [3.63, 3.8) is 0 Å². The Balaban J connectivity index is 0.960. The normalized spacial score (nSPS) is 11.0. The van der Waals surface area contributed by atoms with Gasteiger partial charge >= 0.3 is 437 Å². The third kappa shape index (κ3) is 20.1. The number of aliphatic hydroxyl groups excluding tert-OH is 1. The van der Waals surface area contributed by atoms with E-state index in [2.05, 4.69) is 121 Å². The second-order valence-electron chi connectivity index (χ2n) is 15.6. The van der Waals surface area contributed by atoms with Crippen LogP contribution in [0, 0.1) is 0 Å². The summed E-state index contributed by atoms with van der Waals surface area (Å²) in [6.45, 7) is 3.05. The van der Waals surface area contributed by atoms with E-state index >= 15 is 0 Å². The van der Waals surface area contributed by atoms with Crippen molar-refractivity contribution in [1.82, 2.24) is 0 Å². The van der Waals surface area contributed by atoms with Gasteiger partial charge in [-0.1, -0.05) is 0 Å². The van der Waals surface area contributed by atoms with E-state index in [0.717, 1.165) is 59.8 Å². The third-order valence-electron chi connectivity index (χ3n) is 10.1. The predicted octanol–water partition coefficient (Wildman–Crippen LogP) is 9.20. The van der Waals surface area contributed by atoms with Gasteiger partial charge < -0.3 is 5.11 Å². The minimum atomic E-state index is -0.231. The van der Waals surface area contributed by atoms with Crippen LogP contribution in [-0.2, 0) is 19.8 Å². The molecule has 0 aromatic heterocycles. The Bertz CT molecular complexity index is 2180. The summed E-state index contributed by atoms with van der Waals surface area (Å²) in [7, 11) is 0. The fraction of sp³-hybridized carbons (Fsp3) is 0.263. The molecule has 7 nitrogen and oxygen atoms in total. The summed E-state index contributed by atoms with van der Waals surface area (Å²) < 4.78 is 48.8. The van der Waals surface area contributed by atoms with Gasteiger partial charge in [0.05, 0.1) is 6.61 Å². The van der Waals surface area contributed by atoms with Crippen molar-refractivity contribution in [3.05, 3.63) is 193 Å². The zero-order valence-electron chi connectivity index (χ0n) is 38.4. The Hall–Kier alpha value is -3.54. The third-order valence-corrected chi connectivity index (χ3v) is 22.6. The molecule has 0 spiro atoms. The van der Waals surface area contributed by atoms with Crippen molar-refractivity contribution in [2.24, 2.45) is 0 Å². The van der Waals surface area contributed by atoms with Crippen LogP contribution >= 0.6 is 0 Å². The Morgan fingerprint density at radius 2 is 0.544 bits per heavy atom. The van der Waals surface area contributed by atoms with Crippen molar-refractivity contribution in [2.45, 2.75) is 63.4 Å². The van der Waals surface area contributed by atoms with E-state index in [0.29, 0.717) is 56.7 Å². The van der Waals surface area contributed by atoms with Gasteiger partial charge in [0.25, 0.3) is 0 Å². The maximum absolute atomic E-state index is 10.3. The van der Waals surface area contributed by atoms with E-state index in [1.807, 2.05) is 54.6 Å². The molecule has 11 heteroatoms. The predicted molar refractivity (Wildman–Crippen MR) is 281 cm³/mol. The minimum absolute atomic E-state index is 0.143. The molecule has 0 saturated carbocycles. The van der Waals surface area contributed by atoms with Crippen molar-refractivity contribution in [2.75, 3.05) is 26.4 Å². The van der Waals surface area contributed by atoms with Crippen molar-refractivity contribution in [3.8, 4) is 34.5 Å². The Morgan fingerprint density at radius 1 is 0.294 bits per heavy atom. The fourth-order valence-electron chi connectivity index (χ4n) is 6.81. The first kappa shape index (κ1) is 52.3. The quantitative estimate of drug-likeness (QED) is 0.0344. The summed E-state index contributed by atoms with van der Waals surface area (Å²) in [4.78, 5) is 0. The summed E-state index contributed by atoms with van der Waals surface area (Å²) >= 11 is -0.925. The molecule has 7 aromatic carbocycles. The molecule has 0 aliphatic heterocycles. The maximum atomic E-state index is 10.3. The Kier molecular flexibility index (Phi) is 23.8. The van der Waals surface area contributed by atoms with E-state index in [4.69, 9.17) is 28.4 Å². The topological polar surface area (TPSA) is 75.6 Å². The van der Waals surface area contributed by atoms with Crippen LogP contribution < -0.4 is 42.9 Å². The summed E-state index contributed by atoms with van der Waals surface area (Å²) in [5, 5.41) is 10.3. The van der Waals surface area contributed by atoms with Crippen molar-refractivity contribution in [1.29, 1.82) is 0 Å². The molecule has 0 aliphatic carbocycles. The summed E-state index contributed by atoms with van der Waals surface area (Å²) in [6.07, 6.45) is 4.03. The van der Waals surface area contributed by atoms with Gasteiger partial charge in [0.1, 0.15) is 0 Å². The number of rotatable bonds is 31. The standard InChI is InChI=1S/C57H60O7Te4/c58-42-45-33-52(63-43-46-35-48(59-25-13-29-65-54-17-5-1-6-18-54)39-49(36-46)60-26-14-30-66-55-19-7-2-8-20-55)41-53(34-45)64-44-47-37-50(61-27-15-31-67-56-21-9-3-10-22-56)40-51(38-47)62-28-16-32-68-57-23-11-4-12-24-57/h1-12,17-24,33-41,58H,13-16,25-32,42-44H2. The van der Waals surface area contributed by atoms with Crippen LogP contribution in [0.4, 0.5) is 0 Å². The van der Waals surface area contributed by atoms with Gasteiger partial charge in [-0.2, -0.15) is 0 Å². The molecule has 0 amide bonds. The number of aliphatic hydroxyl groups is 1. The van der Waals surface area contributed by atoms with Gasteiger partial charge in [0.2, 0.25) is 0 Å². The van der Waals surface area contributed by atoms with E-state index in [-0.39, 0.29) is 90.3 Å². The molecule has 0 aliphatic rings. The van der Waals surface area contributed by atoms with Gasteiger partial charge in [0, 0.05) is 0 Å². The van der Waals surface area contributed by atoms with E-state index in [9.17, 15) is 5.11 Å². The van der Waals surface area contributed by atoms with Crippen LogP contribution in [0.1, 0.15) is 42.4 Å². The number of ether oxygens (including phenoxy) is 6. The molecule has 7 aromatic rings. The molecule has 354 valence electrons. The molecule has 0 fully saturated rings. The van der Waals surface area contributed by atoms with Gasteiger partial charge in [0.15, 0.2) is 0 Å². The second-order valence-corrected chi connectivity index (χ2v) is 29.0. The van der Waals surface area contributed by atoms with Crippen LogP contribution in [-0.4, -0.2) is 115 Å². The van der Waals surface area contributed by atoms with Gasteiger partial charge in [-0.15, -0.1) is 0 Å². The molecule has 7 rings (SSSR count). The molecule has 0 saturated heterocycles. The van der Waals surface area contributed by atoms with Crippen LogP contribution in [0.5, 0.6) is 34.5 Å². The average Bonchev–Trinajstić information content (AvgIpc) is 3.38. The molecule has 0 unspecified atom stereocenters. The van der Waals surface area contributed by atoms with Crippen LogP contribution in [0.2, 0.25) is 17.9 Å². The molecule has 0 atom stereocenters. The Labute approximate surface area is 444 Å². The first-order chi connectivity index (χ1) is 33.6. The molecular weight excluding hydrogens is 1310 g/mol. The number of hydrogen-bond donors (Lipinski definition) is 1. The van der Waals surface area contributed by atoms with E-state index < -0.39 is 0 Å². The zero-order valence-corrected chi connectivity index (χ0v) is 47.7. The number of benzene rings is 7. The summed E-state index contributed by atoms with van der Waals surface area (Å²) in [5.41, 5.74) is 2.59. The van der Waals surface area contributed by atoms with Crippen LogP contribution in [0.3, 0.4) is 0 Å². The monoisotopic (exact) mass is 1380 g/mol. The van der Waals surface area contributed by atoms with Crippen molar-refractivity contribution >= 4 is 98.1 Å². The average molecular weight is 1370 g/mol. The van der Waals surface area contributed by atoms with Crippen LogP contribution in [0.15, 0.2) is 176 Å². The van der Waals surface area contributed by atoms with Crippen LogP contribution in [0.25, 0.3) is 0 Å². The summed E-state index contributed by atoms with van der Waals surface area (Å²) in [6, 6.07) is 60.9. The molecule has 0 bridgehead atoms. The van der Waals surface area contributed by atoms with E-state index in [1.165, 1.54) is 32.3 Å². The van der Waals surface area contributed by atoms with Crippen molar-refractivity contribution < 1.29 is 33.5 Å². The Morgan fingerprint density at radius 3 is 0.809 bits per heavy atom. The van der Waals surface area contributed by atoms with Gasteiger partial charge in [-0.25, -0.2) is 0 Å². The molecule has 68 heavy (non-hydrogen) atoms. The fourth-order valence-corrected chi connectivity index (χ4v) is 16.5. The van der Waals surface area contributed by atoms with Gasteiger partial charge in [-0.05, 0) is 0 Å². The molecule has 1 N–H and O–H groups in total. The first-order valence-electron chi connectivity index (χ1n) is 23.1. The molecule has 0 heterocycles. The second kappa shape index (κ2) is 30.9.